The summed E-state index contributed by atoms with van der Waals surface area (Å²) >= 11 is 6.82. The molecule has 0 atom stereocenters. The van der Waals surface area contributed by atoms with E-state index in [9.17, 15) is 25.0 Å². The molecule has 0 aliphatic heterocycles. The number of carbonyl (C=O) groups is 2. The van der Waals surface area contributed by atoms with Gasteiger partial charge >= 0.3 is 5.97 Å². The number of carbonyl (C=O) groups excluding carboxylic acids is 2. The Morgan fingerprint density at radius 3 is 2.64 bits per heavy atom. The maximum atomic E-state index is 12.4. The summed E-state index contributed by atoms with van der Waals surface area (Å²) in [4.78, 5) is 34.3. The third kappa shape index (κ3) is 3.60. The van der Waals surface area contributed by atoms with Crippen LogP contribution in [0.25, 0.3) is 0 Å². The van der Waals surface area contributed by atoms with Crippen LogP contribution >= 0.6 is 22.9 Å². The van der Waals surface area contributed by atoms with E-state index in [1.54, 1.807) is 6.92 Å². The highest BCUT2D eigenvalue weighted by molar-refractivity contribution is 7.18. The number of ether oxygens (including phenoxy) is 1. The topological polar surface area (TPSA) is 122 Å². The van der Waals surface area contributed by atoms with E-state index >= 15 is 0 Å². The summed E-state index contributed by atoms with van der Waals surface area (Å²) < 4.78 is 4.64. The van der Waals surface area contributed by atoms with Crippen molar-refractivity contribution in [2.75, 3.05) is 12.4 Å². The van der Waals surface area contributed by atoms with Crippen molar-refractivity contribution in [1.29, 1.82) is 5.26 Å². The number of methoxy groups -OCH3 is 1. The second-order valence-electron chi connectivity index (χ2n) is 4.74. The molecule has 2 aromatic rings. The SMILES string of the molecule is COC(=O)c1sc(NC(=O)c2ccc([N+](=O)[O-])cc2Cl)c(C#N)c1C. The van der Waals surface area contributed by atoms with Gasteiger partial charge in [-0.3, -0.25) is 14.9 Å². The Morgan fingerprint density at radius 2 is 2.12 bits per heavy atom. The molecule has 128 valence electrons. The molecule has 0 aliphatic rings. The van der Waals surface area contributed by atoms with Crippen LogP contribution in [-0.4, -0.2) is 23.9 Å². The molecule has 0 bridgehead atoms. The fourth-order valence-corrected chi connectivity index (χ4v) is 3.33. The van der Waals surface area contributed by atoms with E-state index in [2.05, 4.69) is 10.1 Å². The number of thiophene rings is 1. The number of non-ortho nitro benzene ring substituents is 1. The summed E-state index contributed by atoms with van der Waals surface area (Å²) in [6, 6.07) is 5.34. The Kier molecular flexibility index (Phi) is 5.36. The number of hydrogen-bond donors (Lipinski definition) is 1. The fraction of sp³-hybridized carbons (Fsp3) is 0.133. The molecule has 1 aromatic carbocycles. The molecule has 0 fully saturated rings. The molecule has 0 saturated heterocycles. The van der Waals surface area contributed by atoms with Crippen LogP contribution in [0.2, 0.25) is 5.02 Å². The van der Waals surface area contributed by atoms with Crippen molar-refractivity contribution in [2.45, 2.75) is 6.92 Å². The molecular weight excluding hydrogens is 370 g/mol. The van der Waals surface area contributed by atoms with Gasteiger partial charge in [-0.25, -0.2) is 4.79 Å². The minimum absolute atomic E-state index is 0.00169. The molecule has 10 heteroatoms. The summed E-state index contributed by atoms with van der Waals surface area (Å²) in [5, 5.41) is 22.5. The van der Waals surface area contributed by atoms with Crippen LogP contribution < -0.4 is 5.32 Å². The van der Waals surface area contributed by atoms with Crippen molar-refractivity contribution in [3.8, 4) is 6.07 Å². The molecule has 1 aromatic heterocycles. The van der Waals surface area contributed by atoms with Crippen LogP contribution in [0.15, 0.2) is 18.2 Å². The van der Waals surface area contributed by atoms with Gasteiger partial charge in [0.15, 0.2) is 0 Å². The molecule has 25 heavy (non-hydrogen) atoms. The number of nitrogens with zero attached hydrogens (tertiary/aromatic N) is 2. The largest absolute Gasteiger partial charge is 0.465 e. The molecule has 2 rings (SSSR count). The molecule has 0 aliphatic carbocycles. The lowest BCUT2D eigenvalue weighted by Crippen LogP contribution is -2.12. The molecule has 1 N–H and O–H groups in total. The van der Waals surface area contributed by atoms with Gasteiger partial charge in [0.05, 0.1) is 28.2 Å². The number of nitrogens with one attached hydrogen (secondary N) is 1. The van der Waals surface area contributed by atoms with Crippen molar-refractivity contribution in [2.24, 2.45) is 0 Å². The third-order valence-electron chi connectivity index (χ3n) is 3.26. The zero-order chi connectivity index (χ0) is 18.7. The average Bonchev–Trinajstić information content (AvgIpc) is 2.89. The van der Waals surface area contributed by atoms with Crippen LogP contribution in [0.5, 0.6) is 0 Å². The van der Waals surface area contributed by atoms with Crippen LogP contribution in [-0.2, 0) is 4.74 Å². The highest BCUT2D eigenvalue weighted by Crippen LogP contribution is 2.34. The first-order chi connectivity index (χ1) is 11.8. The fourth-order valence-electron chi connectivity index (χ4n) is 2.00. The first-order valence-corrected chi connectivity index (χ1v) is 7.86. The van der Waals surface area contributed by atoms with Crippen LogP contribution in [0.4, 0.5) is 10.7 Å². The zero-order valence-electron chi connectivity index (χ0n) is 13.0. The van der Waals surface area contributed by atoms with Crippen LogP contribution in [0, 0.1) is 28.4 Å². The van der Waals surface area contributed by atoms with E-state index in [0.717, 1.165) is 23.5 Å². The number of rotatable bonds is 4. The predicted molar refractivity (Wildman–Crippen MR) is 91.2 cm³/mol. The van der Waals surface area contributed by atoms with Crippen molar-refractivity contribution in [3.05, 3.63) is 54.9 Å². The van der Waals surface area contributed by atoms with Gasteiger partial charge < -0.3 is 10.1 Å². The molecule has 0 spiro atoms. The molecular formula is C15H10ClN3O5S. The summed E-state index contributed by atoms with van der Waals surface area (Å²) in [7, 11) is 1.21. The monoisotopic (exact) mass is 379 g/mol. The number of nitro groups is 1. The summed E-state index contributed by atoms with van der Waals surface area (Å²) in [6.07, 6.45) is 0. The second-order valence-corrected chi connectivity index (χ2v) is 6.17. The number of benzene rings is 1. The zero-order valence-corrected chi connectivity index (χ0v) is 14.5. The van der Waals surface area contributed by atoms with Crippen molar-refractivity contribution in [3.63, 3.8) is 0 Å². The lowest BCUT2D eigenvalue weighted by molar-refractivity contribution is -0.384. The average molecular weight is 380 g/mol. The first kappa shape index (κ1) is 18.4. The van der Waals surface area contributed by atoms with E-state index in [0.29, 0.717) is 5.56 Å². The van der Waals surface area contributed by atoms with Gasteiger partial charge in [-0.05, 0) is 18.6 Å². The van der Waals surface area contributed by atoms with E-state index in [1.807, 2.05) is 6.07 Å². The molecule has 0 unspecified atom stereocenters. The van der Waals surface area contributed by atoms with Gasteiger partial charge in [-0.1, -0.05) is 11.6 Å². The van der Waals surface area contributed by atoms with Gasteiger partial charge in [-0.15, -0.1) is 11.3 Å². The molecule has 8 nitrogen and oxygen atoms in total. The highest BCUT2D eigenvalue weighted by atomic mass is 35.5. The molecule has 1 amide bonds. The number of anilines is 1. The summed E-state index contributed by atoms with van der Waals surface area (Å²) in [6.45, 7) is 1.57. The Bertz CT molecular complexity index is 932. The van der Waals surface area contributed by atoms with E-state index in [-0.39, 0.29) is 31.7 Å². The standard InChI is InChI=1S/C15H10ClN3O5S/c1-7-10(6-17)14(25-12(7)15(21)24-2)18-13(20)9-4-3-8(19(22)23)5-11(9)16/h3-5H,1-2H3,(H,18,20). The Hall–Kier alpha value is -2.96. The van der Waals surface area contributed by atoms with E-state index in [4.69, 9.17) is 11.6 Å². The molecule has 0 saturated carbocycles. The maximum absolute atomic E-state index is 12.4. The highest BCUT2D eigenvalue weighted by Gasteiger charge is 2.23. The second kappa shape index (κ2) is 7.29. The Balaban J connectivity index is 2.37. The Labute approximate surface area is 150 Å². The van der Waals surface area contributed by atoms with E-state index in [1.165, 1.54) is 13.2 Å². The number of hydrogen-bond acceptors (Lipinski definition) is 7. The summed E-state index contributed by atoms with van der Waals surface area (Å²) in [5.74, 6) is -1.28. The van der Waals surface area contributed by atoms with Crippen molar-refractivity contribution < 1.29 is 19.2 Å². The van der Waals surface area contributed by atoms with Gasteiger partial charge in [0, 0.05) is 12.1 Å². The maximum Gasteiger partial charge on any atom is 0.348 e. The molecule has 1 heterocycles. The van der Waals surface area contributed by atoms with Crippen molar-refractivity contribution >= 4 is 45.5 Å². The minimum atomic E-state index is -0.658. The molecule has 0 radical (unpaired) electrons. The first-order valence-electron chi connectivity index (χ1n) is 6.67. The van der Waals surface area contributed by atoms with E-state index < -0.39 is 16.8 Å². The van der Waals surface area contributed by atoms with Gasteiger partial charge in [0.25, 0.3) is 11.6 Å². The van der Waals surface area contributed by atoms with Crippen molar-refractivity contribution in [1.82, 2.24) is 0 Å². The lowest BCUT2D eigenvalue weighted by atomic mass is 10.1. The minimum Gasteiger partial charge on any atom is -0.465 e. The van der Waals surface area contributed by atoms with Gasteiger partial charge in [0.2, 0.25) is 0 Å². The normalized spacial score (nSPS) is 10.0. The Morgan fingerprint density at radius 1 is 1.44 bits per heavy atom. The van der Waals surface area contributed by atoms with Crippen LogP contribution in [0.1, 0.15) is 31.2 Å². The third-order valence-corrected chi connectivity index (χ3v) is 4.76. The number of halogens is 1. The van der Waals surface area contributed by atoms with Gasteiger partial charge in [0.1, 0.15) is 15.9 Å². The number of nitriles is 1. The number of nitro benzene ring substituents is 1. The lowest BCUT2D eigenvalue weighted by Gasteiger charge is -2.05. The van der Waals surface area contributed by atoms with Crippen LogP contribution in [0.3, 0.4) is 0 Å². The number of amides is 1. The quantitative estimate of drug-likeness (QED) is 0.492. The summed E-state index contributed by atoms with van der Waals surface area (Å²) in [5.41, 5.74) is 0.280. The predicted octanol–water partition coefficient (Wildman–Crippen LogP) is 3.53. The smallest absolute Gasteiger partial charge is 0.348 e. The van der Waals surface area contributed by atoms with Gasteiger partial charge in [-0.2, -0.15) is 5.26 Å². The number of esters is 1.